The number of hydrogen-bond acceptors (Lipinski definition) is 3. The average molecular weight is 295 g/mol. The van der Waals surface area contributed by atoms with Gasteiger partial charge in [-0.2, -0.15) is 0 Å². The molecule has 3 rings (SSSR count). The van der Waals surface area contributed by atoms with Crippen LogP contribution in [0.25, 0.3) is 10.9 Å². The van der Waals surface area contributed by atoms with E-state index >= 15 is 0 Å². The molecule has 1 aromatic carbocycles. The number of nitrogens with two attached hydrogens (primary N) is 1. The third-order valence-electron chi connectivity index (χ3n) is 3.99. The van der Waals surface area contributed by atoms with Gasteiger partial charge in [0.05, 0.1) is 17.0 Å². The quantitative estimate of drug-likeness (QED) is 0.846. The first kappa shape index (κ1) is 14.3. The molecule has 3 N–H and O–H groups in total. The van der Waals surface area contributed by atoms with Gasteiger partial charge in [0, 0.05) is 17.6 Å². The van der Waals surface area contributed by atoms with Gasteiger partial charge in [-0.1, -0.05) is 30.4 Å². The summed E-state index contributed by atoms with van der Waals surface area (Å²) in [4.78, 5) is 28.4. The molecule has 5 nitrogen and oxygen atoms in total. The average Bonchev–Trinajstić information content (AvgIpc) is 2.54. The maximum absolute atomic E-state index is 12.6. The number of nitrogens with one attached hydrogen (secondary N) is 1. The van der Waals surface area contributed by atoms with E-state index in [-0.39, 0.29) is 23.8 Å². The fraction of sp³-hybridized carbons (Fsp3) is 0.235. The first-order valence-electron chi connectivity index (χ1n) is 7.26. The largest absolute Gasteiger partial charge is 0.369 e. The molecular weight excluding hydrogens is 278 g/mol. The lowest BCUT2D eigenvalue weighted by Gasteiger charge is -2.27. The van der Waals surface area contributed by atoms with Gasteiger partial charge in [-0.15, -0.1) is 0 Å². The summed E-state index contributed by atoms with van der Waals surface area (Å²) < 4.78 is 0. The Kier molecular flexibility index (Phi) is 3.87. The maximum Gasteiger partial charge on any atom is 0.253 e. The number of nitrogens with zero attached hydrogens (tertiary/aromatic N) is 1. The Balaban J connectivity index is 1.87. The Morgan fingerprint density at radius 1 is 1.14 bits per heavy atom. The summed E-state index contributed by atoms with van der Waals surface area (Å²) in [6.45, 7) is 0. The number of carbonyl (C=O) groups is 2. The van der Waals surface area contributed by atoms with Crippen molar-refractivity contribution in [1.82, 2.24) is 10.3 Å². The van der Waals surface area contributed by atoms with E-state index < -0.39 is 0 Å². The van der Waals surface area contributed by atoms with Gasteiger partial charge < -0.3 is 11.1 Å². The maximum atomic E-state index is 12.6. The number of para-hydroxylation sites is 1. The highest BCUT2D eigenvalue weighted by atomic mass is 16.2. The van der Waals surface area contributed by atoms with Crippen LogP contribution >= 0.6 is 0 Å². The SMILES string of the molecule is NC(=O)[C@@H]1CC=CC[C@H]1NC(=O)c1cccc2cccnc12. The van der Waals surface area contributed by atoms with Gasteiger partial charge in [0.2, 0.25) is 5.91 Å². The van der Waals surface area contributed by atoms with E-state index in [0.717, 1.165) is 5.39 Å². The van der Waals surface area contributed by atoms with Crippen molar-refractivity contribution in [3.8, 4) is 0 Å². The zero-order chi connectivity index (χ0) is 15.5. The molecule has 0 unspecified atom stereocenters. The van der Waals surface area contributed by atoms with Crippen LogP contribution in [-0.4, -0.2) is 22.8 Å². The summed E-state index contributed by atoms with van der Waals surface area (Å²) in [5, 5.41) is 3.84. The summed E-state index contributed by atoms with van der Waals surface area (Å²) in [7, 11) is 0. The summed E-state index contributed by atoms with van der Waals surface area (Å²) >= 11 is 0. The van der Waals surface area contributed by atoms with E-state index in [2.05, 4.69) is 10.3 Å². The van der Waals surface area contributed by atoms with E-state index in [1.54, 1.807) is 12.3 Å². The van der Waals surface area contributed by atoms with Crippen LogP contribution in [0.2, 0.25) is 0 Å². The normalized spacial score (nSPS) is 20.7. The molecule has 0 spiro atoms. The highest BCUT2D eigenvalue weighted by Gasteiger charge is 2.29. The number of carbonyl (C=O) groups excluding carboxylic acids is 2. The molecule has 0 aliphatic heterocycles. The van der Waals surface area contributed by atoms with Crippen LogP contribution in [0.5, 0.6) is 0 Å². The lowest BCUT2D eigenvalue weighted by atomic mass is 9.88. The third-order valence-corrected chi connectivity index (χ3v) is 3.99. The fourth-order valence-electron chi connectivity index (χ4n) is 2.82. The van der Waals surface area contributed by atoms with Crippen LogP contribution in [0.1, 0.15) is 23.2 Å². The predicted molar refractivity (Wildman–Crippen MR) is 84.1 cm³/mol. The van der Waals surface area contributed by atoms with Gasteiger partial charge in [-0.05, 0) is 25.0 Å². The van der Waals surface area contributed by atoms with Crippen molar-refractivity contribution < 1.29 is 9.59 Å². The first-order chi connectivity index (χ1) is 10.7. The van der Waals surface area contributed by atoms with Crippen molar-refractivity contribution in [2.45, 2.75) is 18.9 Å². The summed E-state index contributed by atoms with van der Waals surface area (Å²) in [6.07, 6.45) is 6.73. The lowest BCUT2D eigenvalue weighted by Crippen LogP contribution is -2.46. The molecule has 0 bridgehead atoms. The van der Waals surface area contributed by atoms with E-state index in [1.807, 2.05) is 36.4 Å². The van der Waals surface area contributed by atoms with Gasteiger partial charge in [0.15, 0.2) is 0 Å². The summed E-state index contributed by atoms with van der Waals surface area (Å²) in [6, 6.07) is 8.95. The molecule has 1 aromatic heterocycles. The highest BCUT2D eigenvalue weighted by Crippen LogP contribution is 2.21. The van der Waals surface area contributed by atoms with E-state index in [4.69, 9.17) is 5.73 Å². The molecule has 0 saturated carbocycles. The number of primary amides is 1. The fourth-order valence-corrected chi connectivity index (χ4v) is 2.82. The smallest absolute Gasteiger partial charge is 0.253 e. The van der Waals surface area contributed by atoms with Gasteiger partial charge >= 0.3 is 0 Å². The number of allylic oxidation sites excluding steroid dienone is 1. The lowest BCUT2D eigenvalue weighted by molar-refractivity contribution is -0.122. The molecular formula is C17H17N3O2. The van der Waals surface area contributed by atoms with Gasteiger partial charge in [-0.3, -0.25) is 14.6 Å². The molecule has 1 heterocycles. The van der Waals surface area contributed by atoms with Crippen molar-refractivity contribution in [2.75, 3.05) is 0 Å². The monoisotopic (exact) mass is 295 g/mol. The summed E-state index contributed by atoms with van der Waals surface area (Å²) in [5.74, 6) is -0.974. The van der Waals surface area contributed by atoms with E-state index in [1.165, 1.54) is 0 Å². The van der Waals surface area contributed by atoms with Gasteiger partial charge in [0.1, 0.15) is 0 Å². The first-order valence-corrected chi connectivity index (χ1v) is 7.26. The number of amides is 2. The molecule has 5 heteroatoms. The number of hydrogen-bond donors (Lipinski definition) is 2. The Morgan fingerprint density at radius 3 is 2.73 bits per heavy atom. The second-order valence-corrected chi connectivity index (χ2v) is 5.41. The molecule has 1 aliphatic rings. The molecule has 112 valence electrons. The van der Waals surface area contributed by atoms with Crippen LogP contribution in [0.3, 0.4) is 0 Å². The van der Waals surface area contributed by atoms with E-state index in [0.29, 0.717) is 23.9 Å². The number of rotatable bonds is 3. The Bertz CT molecular complexity index is 749. The second kappa shape index (κ2) is 5.97. The van der Waals surface area contributed by atoms with Crippen molar-refractivity contribution in [3.63, 3.8) is 0 Å². The van der Waals surface area contributed by atoms with Crippen LogP contribution in [0.4, 0.5) is 0 Å². The minimum absolute atomic E-state index is 0.226. The molecule has 1 aliphatic carbocycles. The number of fused-ring (bicyclic) bond motifs is 1. The van der Waals surface area contributed by atoms with Crippen LogP contribution in [-0.2, 0) is 4.79 Å². The molecule has 22 heavy (non-hydrogen) atoms. The zero-order valence-electron chi connectivity index (χ0n) is 12.0. The molecule has 0 radical (unpaired) electrons. The number of aromatic nitrogens is 1. The molecule has 2 aromatic rings. The van der Waals surface area contributed by atoms with E-state index in [9.17, 15) is 9.59 Å². The number of pyridine rings is 1. The van der Waals surface area contributed by atoms with Crippen molar-refractivity contribution in [1.29, 1.82) is 0 Å². The molecule has 0 saturated heterocycles. The molecule has 2 atom stereocenters. The molecule has 2 amide bonds. The van der Waals surface area contributed by atoms with Crippen molar-refractivity contribution in [3.05, 3.63) is 54.2 Å². The Morgan fingerprint density at radius 2 is 1.91 bits per heavy atom. The van der Waals surface area contributed by atoms with Crippen molar-refractivity contribution >= 4 is 22.7 Å². The number of benzene rings is 1. The van der Waals surface area contributed by atoms with Gasteiger partial charge in [0.25, 0.3) is 5.91 Å². The minimum atomic E-state index is -0.384. The Hall–Kier alpha value is -2.69. The van der Waals surface area contributed by atoms with Crippen molar-refractivity contribution in [2.24, 2.45) is 11.7 Å². The summed E-state index contributed by atoms with van der Waals surface area (Å²) in [5.41, 5.74) is 6.59. The minimum Gasteiger partial charge on any atom is -0.369 e. The second-order valence-electron chi connectivity index (χ2n) is 5.41. The van der Waals surface area contributed by atoms with Gasteiger partial charge in [-0.25, -0.2) is 0 Å². The topological polar surface area (TPSA) is 85.1 Å². The van der Waals surface area contributed by atoms with Crippen LogP contribution < -0.4 is 11.1 Å². The Labute approximate surface area is 128 Å². The molecule has 0 fully saturated rings. The standard InChI is InChI=1S/C17H17N3O2/c18-16(21)12-7-1-2-9-14(12)20-17(22)13-8-3-5-11-6-4-10-19-15(11)13/h1-6,8,10,12,14H,7,9H2,(H2,18,21)(H,20,22)/t12-,14-/m1/s1. The highest BCUT2D eigenvalue weighted by molar-refractivity contribution is 6.05. The predicted octanol–water partition coefficient (Wildman–Crippen LogP) is 1.78. The van der Waals surface area contributed by atoms with Crippen LogP contribution in [0.15, 0.2) is 48.7 Å². The zero-order valence-corrected chi connectivity index (χ0v) is 12.0. The third kappa shape index (κ3) is 2.70. The van der Waals surface area contributed by atoms with Crippen LogP contribution in [0, 0.1) is 5.92 Å².